The predicted molar refractivity (Wildman–Crippen MR) is 70.0 cm³/mol. The Morgan fingerprint density at radius 2 is 1.94 bits per heavy atom. The van der Waals surface area contributed by atoms with Gasteiger partial charge in [0.2, 0.25) is 10.0 Å². The molecule has 0 aliphatic carbocycles. The van der Waals surface area contributed by atoms with Crippen LogP contribution in [0.2, 0.25) is 0 Å². The molecular weight excluding hydrogens is 274 g/mol. The molecule has 1 fully saturated rings. The van der Waals surface area contributed by atoms with Crippen molar-refractivity contribution in [3.63, 3.8) is 0 Å². The van der Waals surface area contributed by atoms with Crippen molar-refractivity contribution >= 4 is 21.6 Å². The van der Waals surface area contributed by atoms with E-state index >= 15 is 0 Å². The first-order valence-corrected chi connectivity index (χ1v) is 7.95. The van der Waals surface area contributed by atoms with E-state index in [0.29, 0.717) is 36.3 Å². The van der Waals surface area contributed by atoms with E-state index in [-0.39, 0.29) is 10.8 Å². The smallest absolute Gasteiger partial charge is 0.246 e. The lowest BCUT2D eigenvalue weighted by atomic mass is 10.0. The van der Waals surface area contributed by atoms with Crippen molar-refractivity contribution in [3.05, 3.63) is 11.4 Å². The van der Waals surface area contributed by atoms with Gasteiger partial charge in [0.25, 0.3) is 0 Å². The maximum atomic E-state index is 12.6. The number of aryl methyl sites for hydroxylation is 1. The molecule has 102 valence electrons. The molecule has 5 nitrogen and oxygen atoms in total. The standard InChI is InChI=1S/C11H18ClN3O2S/c1-7-5-15(6-8(7)2)18(16,17)11-9(3)13-14-10(11)4-12/h7-8H,4-6H2,1-3H3,(H,13,14). The number of nitrogens with one attached hydrogen (secondary N) is 1. The van der Waals surface area contributed by atoms with Crippen LogP contribution in [-0.4, -0.2) is 36.0 Å². The zero-order valence-corrected chi connectivity index (χ0v) is 12.3. The van der Waals surface area contributed by atoms with Gasteiger partial charge in [-0.25, -0.2) is 8.42 Å². The van der Waals surface area contributed by atoms with Crippen LogP contribution in [0.15, 0.2) is 4.90 Å². The fourth-order valence-corrected chi connectivity index (χ4v) is 4.55. The topological polar surface area (TPSA) is 66.1 Å². The molecule has 0 amide bonds. The molecule has 2 unspecified atom stereocenters. The van der Waals surface area contributed by atoms with E-state index in [1.807, 2.05) is 0 Å². The van der Waals surface area contributed by atoms with Crippen molar-refractivity contribution in [2.24, 2.45) is 11.8 Å². The average Bonchev–Trinajstić information content (AvgIpc) is 2.84. The number of sulfonamides is 1. The summed E-state index contributed by atoms with van der Waals surface area (Å²) in [5.41, 5.74) is 0.958. The lowest BCUT2D eigenvalue weighted by molar-refractivity contribution is 0.462. The van der Waals surface area contributed by atoms with Crippen LogP contribution in [-0.2, 0) is 15.9 Å². The van der Waals surface area contributed by atoms with E-state index in [2.05, 4.69) is 24.0 Å². The lowest BCUT2D eigenvalue weighted by Gasteiger charge is -2.16. The summed E-state index contributed by atoms with van der Waals surface area (Å²) in [6.45, 7) is 6.99. The Bertz CT molecular complexity index is 530. The van der Waals surface area contributed by atoms with E-state index in [1.54, 1.807) is 6.92 Å². The molecule has 0 aromatic carbocycles. The Kier molecular flexibility index (Phi) is 3.71. The molecule has 1 aliphatic heterocycles. The van der Waals surface area contributed by atoms with Crippen LogP contribution < -0.4 is 0 Å². The first-order valence-electron chi connectivity index (χ1n) is 5.98. The summed E-state index contributed by atoms with van der Waals surface area (Å²) < 4.78 is 26.7. The molecule has 0 spiro atoms. The second kappa shape index (κ2) is 4.83. The van der Waals surface area contributed by atoms with Crippen molar-refractivity contribution in [1.82, 2.24) is 14.5 Å². The van der Waals surface area contributed by atoms with Gasteiger partial charge in [0.15, 0.2) is 0 Å². The molecule has 1 aromatic heterocycles. The molecule has 1 aromatic rings. The molecule has 0 bridgehead atoms. The molecule has 1 N–H and O–H groups in total. The highest BCUT2D eigenvalue weighted by Crippen LogP contribution is 2.30. The third-order valence-corrected chi connectivity index (χ3v) is 5.93. The number of H-pyrrole nitrogens is 1. The normalized spacial score (nSPS) is 25.8. The van der Waals surface area contributed by atoms with Crippen LogP contribution in [0, 0.1) is 18.8 Å². The average molecular weight is 292 g/mol. The minimum Gasteiger partial charge on any atom is -0.281 e. The van der Waals surface area contributed by atoms with Crippen LogP contribution in [0.5, 0.6) is 0 Å². The Hall–Kier alpha value is -0.590. The second-order valence-electron chi connectivity index (χ2n) is 5.03. The molecule has 18 heavy (non-hydrogen) atoms. The van der Waals surface area contributed by atoms with Gasteiger partial charge in [0.05, 0.1) is 17.3 Å². The van der Waals surface area contributed by atoms with Crippen LogP contribution in [0.1, 0.15) is 25.2 Å². The van der Waals surface area contributed by atoms with E-state index < -0.39 is 10.0 Å². The molecule has 1 saturated heterocycles. The summed E-state index contributed by atoms with van der Waals surface area (Å²) >= 11 is 5.75. The van der Waals surface area contributed by atoms with Gasteiger partial charge >= 0.3 is 0 Å². The van der Waals surface area contributed by atoms with Crippen molar-refractivity contribution in [1.29, 1.82) is 0 Å². The van der Waals surface area contributed by atoms with Gasteiger partial charge in [-0.05, 0) is 18.8 Å². The summed E-state index contributed by atoms with van der Waals surface area (Å²) in [7, 11) is -3.48. The molecule has 1 aliphatic rings. The molecular formula is C11H18ClN3O2S. The molecule has 0 radical (unpaired) electrons. The largest absolute Gasteiger partial charge is 0.281 e. The summed E-state index contributed by atoms with van der Waals surface area (Å²) in [5, 5.41) is 6.65. The van der Waals surface area contributed by atoms with Gasteiger partial charge in [0, 0.05) is 13.1 Å². The highest BCUT2D eigenvalue weighted by Gasteiger charge is 2.37. The Balaban J connectivity index is 2.40. The number of rotatable bonds is 3. The van der Waals surface area contributed by atoms with Crippen molar-refractivity contribution in [2.45, 2.75) is 31.5 Å². The van der Waals surface area contributed by atoms with E-state index in [4.69, 9.17) is 11.6 Å². The van der Waals surface area contributed by atoms with Crippen molar-refractivity contribution in [2.75, 3.05) is 13.1 Å². The van der Waals surface area contributed by atoms with E-state index in [0.717, 1.165) is 0 Å². The minimum atomic E-state index is -3.48. The third kappa shape index (κ3) is 2.17. The maximum Gasteiger partial charge on any atom is 0.246 e. The highest BCUT2D eigenvalue weighted by molar-refractivity contribution is 7.89. The van der Waals surface area contributed by atoms with E-state index in [9.17, 15) is 8.42 Å². The fourth-order valence-electron chi connectivity index (χ4n) is 2.30. The van der Waals surface area contributed by atoms with Crippen LogP contribution in [0.3, 0.4) is 0 Å². The fraction of sp³-hybridized carbons (Fsp3) is 0.727. The molecule has 2 heterocycles. The van der Waals surface area contributed by atoms with Crippen molar-refractivity contribution < 1.29 is 8.42 Å². The van der Waals surface area contributed by atoms with Gasteiger partial charge in [-0.2, -0.15) is 9.40 Å². The van der Waals surface area contributed by atoms with Gasteiger partial charge in [0.1, 0.15) is 4.90 Å². The molecule has 0 saturated carbocycles. The van der Waals surface area contributed by atoms with Gasteiger partial charge in [-0.3, -0.25) is 5.10 Å². The number of nitrogens with zero attached hydrogens (tertiary/aromatic N) is 2. The monoisotopic (exact) mass is 291 g/mol. The number of alkyl halides is 1. The first kappa shape index (κ1) is 13.8. The first-order chi connectivity index (χ1) is 8.37. The van der Waals surface area contributed by atoms with Crippen LogP contribution in [0.25, 0.3) is 0 Å². The number of aromatic amines is 1. The van der Waals surface area contributed by atoms with Gasteiger partial charge < -0.3 is 0 Å². The number of halogens is 1. The quantitative estimate of drug-likeness (QED) is 0.863. The highest BCUT2D eigenvalue weighted by atomic mass is 35.5. The lowest BCUT2D eigenvalue weighted by Crippen LogP contribution is -2.30. The Morgan fingerprint density at radius 1 is 1.39 bits per heavy atom. The Labute approximate surface area is 113 Å². The van der Waals surface area contributed by atoms with Gasteiger partial charge in [-0.1, -0.05) is 13.8 Å². The number of hydrogen-bond acceptors (Lipinski definition) is 3. The van der Waals surface area contributed by atoms with Crippen LogP contribution in [0.4, 0.5) is 0 Å². The van der Waals surface area contributed by atoms with E-state index in [1.165, 1.54) is 4.31 Å². The third-order valence-electron chi connectivity index (χ3n) is 3.64. The summed E-state index contributed by atoms with van der Waals surface area (Å²) in [5.74, 6) is 0.857. The second-order valence-corrected chi connectivity index (χ2v) is 7.18. The predicted octanol–water partition coefficient (Wildman–Crippen LogP) is 1.73. The summed E-state index contributed by atoms with van der Waals surface area (Å²) in [6.07, 6.45) is 0. The summed E-state index contributed by atoms with van der Waals surface area (Å²) in [6, 6.07) is 0. The number of hydrogen-bond donors (Lipinski definition) is 1. The minimum absolute atomic E-state index is 0.0951. The molecule has 2 atom stereocenters. The maximum absolute atomic E-state index is 12.6. The molecule has 7 heteroatoms. The SMILES string of the molecule is Cc1[nH]nc(CCl)c1S(=O)(=O)N1CC(C)C(C)C1. The van der Waals surface area contributed by atoms with Crippen molar-refractivity contribution in [3.8, 4) is 0 Å². The molecule has 2 rings (SSSR count). The van der Waals surface area contributed by atoms with Crippen LogP contribution >= 0.6 is 11.6 Å². The zero-order valence-electron chi connectivity index (χ0n) is 10.8. The summed E-state index contributed by atoms with van der Waals surface area (Å²) in [4.78, 5) is 0.249. The Morgan fingerprint density at radius 3 is 2.44 bits per heavy atom. The van der Waals surface area contributed by atoms with Gasteiger partial charge in [-0.15, -0.1) is 11.6 Å². The zero-order chi connectivity index (χ0) is 13.5. The number of aromatic nitrogens is 2.